The second-order valence-corrected chi connectivity index (χ2v) is 6.22. The first-order valence-corrected chi connectivity index (χ1v) is 8.62. The molecule has 1 heterocycles. The van der Waals surface area contributed by atoms with Crippen LogP contribution in [0.25, 0.3) is 11.1 Å². The summed E-state index contributed by atoms with van der Waals surface area (Å²) in [5.41, 5.74) is 1.01. The lowest BCUT2D eigenvalue weighted by Gasteiger charge is -2.17. The largest absolute Gasteiger partial charge is 0.481 e. The molecule has 2 N–H and O–H groups in total. The monoisotopic (exact) mass is 416 g/mol. The van der Waals surface area contributed by atoms with E-state index in [-0.39, 0.29) is 17.7 Å². The van der Waals surface area contributed by atoms with Gasteiger partial charge in [-0.3, -0.25) is 9.48 Å². The van der Waals surface area contributed by atoms with Crippen molar-refractivity contribution in [3.8, 4) is 16.9 Å². The summed E-state index contributed by atoms with van der Waals surface area (Å²) in [5.74, 6) is -1.89. The lowest BCUT2D eigenvalue weighted by Crippen LogP contribution is -2.23. The van der Waals surface area contributed by atoms with Gasteiger partial charge in [0.15, 0.2) is 6.10 Å². The molecule has 0 aliphatic rings. The number of aryl methyl sites for hydroxylation is 2. The van der Waals surface area contributed by atoms with E-state index < -0.39 is 29.8 Å². The zero-order valence-electron chi connectivity index (χ0n) is 16.7. The molecule has 0 spiro atoms. The topological polar surface area (TPSA) is 102 Å². The number of halogens is 3. The van der Waals surface area contributed by atoms with Gasteiger partial charge in [-0.2, -0.15) is 18.3 Å². The molecule has 0 saturated carbocycles. The first-order valence-electron chi connectivity index (χ1n) is 8.62. The Kier molecular flexibility index (Phi) is 7.81. The van der Waals surface area contributed by atoms with E-state index in [1.54, 1.807) is 32.5 Å². The van der Waals surface area contributed by atoms with Crippen LogP contribution in [0, 0.1) is 13.8 Å². The Hall–Kier alpha value is -3.04. The Morgan fingerprint density at radius 1 is 1.24 bits per heavy atom. The third-order valence-corrected chi connectivity index (χ3v) is 4.04. The second-order valence-electron chi connectivity index (χ2n) is 6.22. The lowest BCUT2D eigenvalue weighted by atomic mass is 10.00. The summed E-state index contributed by atoms with van der Waals surface area (Å²) in [6, 6.07) is 2.97. The molecule has 0 aliphatic carbocycles. The maximum atomic E-state index is 13.1. The van der Waals surface area contributed by atoms with Crippen molar-refractivity contribution in [1.29, 1.82) is 0 Å². The van der Waals surface area contributed by atoms with Crippen LogP contribution in [0.2, 0.25) is 0 Å². The fourth-order valence-electron chi connectivity index (χ4n) is 2.41. The third-order valence-electron chi connectivity index (χ3n) is 4.04. The molecule has 0 fully saturated rings. The molecular formula is C19H23F3N2O5. The minimum Gasteiger partial charge on any atom is -0.481 e. The van der Waals surface area contributed by atoms with Crippen molar-refractivity contribution in [2.75, 3.05) is 0 Å². The van der Waals surface area contributed by atoms with Crippen molar-refractivity contribution in [3.05, 3.63) is 35.2 Å². The minimum atomic E-state index is -4.52. The summed E-state index contributed by atoms with van der Waals surface area (Å²) in [6.45, 7) is 6.31. The van der Waals surface area contributed by atoms with Crippen molar-refractivity contribution in [3.63, 3.8) is 0 Å². The number of carbonyl (C=O) groups is 2. The van der Waals surface area contributed by atoms with Crippen molar-refractivity contribution in [2.24, 2.45) is 7.05 Å². The highest BCUT2D eigenvalue weighted by Gasteiger charge is 2.32. The molecule has 2 aromatic rings. The summed E-state index contributed by atoms with van der Waals surface area (Å²) in [4.78, 5) is 20.4. The Morgan fingerprint density at radius 3 is 2.17 bits per heavy atom. The molecule has 0 amide bonds. The van der Waals surface area contributed by atoms with Gasteiger partial charge in [-0.1, -0.05) is 6.92 Å². The van der Waals surface area contributed by atoms with Crippen LogP contribution in [0.5, 0.6) is 5.75 Å². The van der Waals surface area contributed by atoms with Gasteiger partial charge in [-0.15, -0.1) is 0 Å². The van der Waals surface area contributed by atoms with E-state index in [1.807, 2.05) is 0 Å². The van der Waals surface area contributed by atoms with Gasteiger partial charge in [0.2, 0.25) is 0 Å². The van der Waals surface area contributed by atoms with Gasteiger partial charge in [0.25, 0.3) is 0 Å². The molecule has 29 heavy (non-hydrogen) atoms. The maximum Gasteiger partial charge on any atom is 0.416 e. The van der Waals surface area contributed by atoms with E-state index in [0.29, 0.717) is 17.0 Å². The standard InChI is InChI=1S/C16H17F3N2O3.C3H6O2/c1-8-14(9(2)21(4)20-8)12-7-11(16(17,18)19)5-6-13(12)24-10(3)15(22)23;1-2-3(4)5/h5-7,10H,1-4H3,(H,22,23);2H2,1H3,(H,4,5)/t10-;/m0./s1. The summed E-state index contributed by atoms with van der Waals surface area (Å²) in [7, 11) is 1.68. The van der Waals surface area contributed by atoms with E-state index in [9.17, 15) is 22.8 Å². The van der Waals surface area contributed by atoms with Crippen LogP contribution in [-0.2, 0) is 22.8 Å². The number of rotatable bonds is 5. The van der Waals surface area contributed by atoms with Crippen LogP contribution in [-0.4, -0.2) is 38.0 Å². The lowest BCUT2D eigenvalue weighted by molar-refractivity contribution is -0.144. The molecule has 0 unspecified atom stereocenters. The van der Waals surface area contributed by atoms with Gasteiger partial charge in [-0.25, -0.2) is 4.79 Å². The number of carboxylic acids is 2. The Morgan fingerprint density at radius 2 is 1.79 bits per heavy atom. The van der Waals surface area contributed by atoms with Crippen LogP contribution in [0.1, 0.15) is 37.2 Å². The normalized spacial score (nSPS) is 12.0. The van der Waals surface area contributed by atoms with E-state index in [1.165, 1.54) is 6.92 Å². The second kappa shape index (κ2) is 9.44. The smallest absolute Gasteiger partial charge is 0.416 e. The van der Waals surface area contributed by atoms with Crippen molar-refractivity contribution in [2.45, 2.75) is 46.4 Å². The average molecular weight is 416 g/mol. The van der Waals surface area contributed by atoms with Gasteiger partial charge in [0.1, 0.15) is 5.75 Å². The molecule has 0 aliphatic heterocycles. The molecule has 0 saturated heterocycles. The van der Waals surface area contributed by atoms with Crippen LogP contribution in [0.15, 0.2) is 18.2 Å². The number of aromatic nitrogens is 2. The number of ether oxygens (including phenoxy) is 1. The number of hydrogen-bond donors (Lipinski definition) is 2. The zero-order valence-corrected chi connectivity index (χ0v) is 16.7. The number of alkyl halides is 3. The molecular weight excluding hydrogens is 393 g/mol. The van der Waals surface area contributed by atoms with Crippen molar-refractivity contribution < 1.29 is 37.7 Å². The average Bonchev–Trinajstić information content (AvgIpc) is 2.87. The fourth-order valence-corrected chi connectivity index (χ4v) is 2.41. The van der Waals surface area contributed by atoms with Gasteiger partial charge in [-0.05, 0) is 39.0 Å². The van der Waals surface area contributed by atoms with E-state index >= 15 is 0 Å². The summed E-state index contributed by atoms with van der Waals surface area (Å²) in [6.07, 6.45) is -5.49. The molecule has 0 bridgehead atoms. The predicted molar refractivity (Wildman–Crippen MR) is 98.8 cm³/mol. The molecule has 1 atom stereocenters. The van der Waals surface area contributed by atoms with E-state index in [0.717, 1.165) is 18.2 Å². The van der Waals surface area contributed by atoms with Crippen molar-refractivity contribution in [1.82, 2.24) is 9.78 Å². The van der Waals surface area contributed by atoms with E-state index in [2.05, 4.69) is 5.10 Å². The number of carboxylic acid groups (broad SMARTS) is 2. The van der Waals surface area contributed by atoms with Gasteiger partial charge >= 0.3 is 18.1 Å². The predicted octanol–water partition coefficient (Wildman–Crippen LogP) is 4.06. The first-order chi connectivity index (χ1) is 13.3. The van der Waals surface area contributed by atoms with Crippen LogP contribution >= 0.6 is 0 Å². The van der Waals surface area contributed by atoms with E-state index in [4.69, 9.17) is 14.9 Å². The number of hydrogen-bond acceptors (Lipinski definition) is 4. The summed E-state index contributed by atoms with van der Waals surface area (Å²) in [5, 5.41) is 20.9. The third kappa shape index (κ3) is 6.23. The van der Waals surface area contributed by atoms with Gasteiger partial charge < -0.3 is 14.9 Å². The molecule has 0 radical (unpaired) electrons. The SMILES string of the molecule is CCC(=O)O.Cc1nn(C)c(C)c1-c1cc(C(F)(F)F)ccc1O[C@@H](C)C(=O)O. The van der Waals surface area contributed by atoms with Crippen LogP contribution in [0.4, 0.5) is 13.2 Å². The molecule has 7 nitrogen and oxygen atoms in total. The van der Waals surface area contributed by atoms with Crippen LogP contribution < -0.4 is 4.74 Å². The van der Waals surface area contributed by atoms with Gasteiger partial charge in [0, 0.05) is 30.3 Å². The number of aliphatic carboxylic acids is 2. The first kappa shape index (κ1) is 24.0. The highest BCUT2D eigenvalue weighted by atomic mass is 19.4. The fraction of sp³-hybridized carbons (Fsp3) is 0.421. The molecule has 10 heteroatoms. The highest BCUT2D eigenvalue weighted by Crippen LogP contribution is 2.39. The molecule has 2 rings (SSSR count). The number of benzene rings is 1. The minimum absolute atomic E-state index is 0.0668. The Labute approximate surface area is 165 Å². The molecule has 1 aromatic heterocycles. The number of nitrogens with zero attached hydrogens (tertiary/aromatic N) is 2. The Balaban J connectivity index is 0.000000749. The highest BCUT2D eigenvalue weighted by molar-refractivity contribution is 5.77. The summed E-state index contributed by atoms with van der Waals surface area (Å²) >= 11 is 0. The van der Waals surface area contributed by atoms with Crippen LogP contribution in [0.3, 0.4) is 0 Å². The zero-order chi connectivity index (χ0) is 22.5. The Bertz CT molecular complexity index is 891. The maximum absolute atomic E-state index is 13.1. The quantitative estimate of drug-likeness (QED) is 0.762. The summed E-state index contributed by atoms with van der Waals surface area (Å²) < 4.78 is 46.1. The van der Waals surface area contributed by atoms with Crippen molar-refractivity contribution >= 4 is 11.9 Å². The molecule has 1 aromatic carbocycles. The molecule has 160 valence electrons. The van der Waals surface area contributed by atoms with Gasteiger partial charge in [0.05, 0.1) is 11.3 Å².